The third-order valence-electron chi connectivity index (χ3n) is 5.32. The van der Waals surface area contributed by atoms with Crippen LogP contribution < -0.4 is 19.9 Å². The quantitative estimate of drug-likeness (QED) is 0.744. The zero-order valence-corrected chi connectivity index (χ0v) is 16.2. The van der Waals surface area contributed by atoms with E-state index in [0.717, 1.165) is 5.56 Å². The molecule has 1 N–H and O–H groups in total. The topological polar surface area (TPSA) is 108 Å². The SMILES string of the molecule is O=C(N[C@H](Cc1ccc2c(c1)OCO2)C(=O)N1CCC[C@@H]1C(=O)[O-])c1ccccc1. The fourth-order valence-corrected chi connectivity index (χ4v) is 3.81. The maximum Gasteiger partial charge on any atom is 0.251 e. The largest absolute Gasteiger partial charge is 0.548 e. The minimum absolute atomic E-state index is 0.132. The third-order valence-corrected chi connectivity index (χ3v) is 5.32. The van der Waals surface area contributed by atoms with E-state index in [1.54, 1.807) is 48.5 Å². The zero-order chi connectivity index (χ0) is 21.1. The number of rotatable bonds is 6. The molecule has 0 aromatic heterocycles. The van der Waals surface area contributed by atoms with Crippen molar-refractivity contribution in [3.8, 4) is 11.5 Å². The second-order valence-corrected chi connectivity index (χ2v) is 7.29. The van der Waals surface area contributed by atoms with Gasteiger partial charge in [-0.25, -0.2) is 0 Å². The van der Waals surface area contributed by atoms with Gasteiger partial charge in [0.15, 0.2) is 11.5 Å². The number of amides is 2. The zero-order valence-electron chi connectivity index (χ0n) is 16.2. The molecule has 0 spiro atoms. The molecular weight excluding hydrogens is 388 g/mol. The van der Waals surface area contributed by atoms with Crippen LogP contribution in [-0.2, 0) is 16.0 Å². The lowest BCUT2D eigenvalue weighted by Gasteiger charge is -2.30. The van der Waals surface area contributed by atoms with Crippen LogP contribution in [0, 0.1) is 0 Å². The minimum atomic E-state index is -1.28. The first-order chi connectivity index (χ1) is 14.5. The Balaban J connectivity index is 1.58. The first kappa shape index (κ1) is 19.8. The first-order valence-electron chi connectivity index (χ1n) is 9.78. The van der Waals surface area contributed by atoms with E-state index >= 15 is 0 Å². The number of carboxylic acid groups (broad SMARTS) is 1. The normalized spacial score (nSPS) is 18.1. The van der Waals surface area contributed by atoms with E-state index in [0.29, 0.717) is 36.4 Å². The van der Waals surface area contributed by atoms with Crippen molar-refractivity contribution in [1.29, 1.82) is 0 Å². The number of benzene rings is 2. The molecular formula is C22H21N2O6-. The average molecular weight is 409 g/mol. The lowest BCUT2D eigenvalue weighted by molar-refractivity contribution is -0.310. The van der Waals surface area contributed by atoms with Crippen LogP contribution in [0.25, 0.3) is 0 Å². The molecule has 2 atom stereocenters. The molecule has 8 heteroatoms. The van der Waals surface area contributed by atoms with E-state index in [-0.39, 0.29) is 13.2 Å². The van der Waals surface area contributed by atoms with Crippen LogP contribution in [0.5, 0.6) is 11.5 Å². The summed E-state index contributed by atoms with van der Waals surface area (Å²) < 4.78 is 10.7. The summed E-state index contributed by atoms with van der Waals surface area (Å²) in [4.78, 5) is 38.7. The molecule has 4 rings (SSSR count). The van der Waals surface area contributed by atoms with Gasteiger partial charge in [-0.3, -0.25) is 9.59 Å². The standard InChI is InChI=1S/C22H22N2O6/c25-20(15-5-2-1-3-6-15)23-16(21(26)24-10-4-7-17(24)22(27)28)11-14-8-9-18-19(12-14)30-13-29-18/h1-3,5-6,8-9,12,16-17H,4,7,10-11,13H2,(H,23,25)(H,27,28)/p-1/t16-,17-/m1/s1. The van der Waals surface area contributed by atoms with Crippen molar-refractivity contribution in [2.24, 2.45) is 0 Å². The Kier molecular flexibility index (Phi) is 5.56. The summed E-state index contributed by atoms with van der Waals surface area (Å²) in [6.07, 6.45) is 1.11. The first-order valence-corrected chi connectivity index (χ1v) is 9.78. The number of hydrogen-bond acceptors (Lipinski definition) is 6. The van der Waals surface area contributed by atoms with Crippen molar-refractivity contribution in [2.45, 2.75) is 31.3 Å². The maximum atomic E-state index is 13.2. The van der Waals surface area contributed by atoms with Gasteiger partial charge in [0.1, 0.15) is 6.04 Å². The maximum absolute atomic E-state index is 13.2. The minimum Gasteiger partial charge on any atom is -0.548 e. The van der Waals surface area contributed by atoms with E-state index in [2.05, 4.69) is 5.32 Å². The summed E-state index contributed by atoms with van der Waals surface area (Å²) in [6, 6.07) is 11.9. The predicted octanol–water partition coefficient (Wildman–Crippen LogP) is 0.497. The smallest absolute Gasteiger partial charge is 0.251 e. The van der Waals surface area contributed by atoms with E-state index in [1.165, 1.54) is 4.90 Å². The predicted molar refractivity (Wildman–Crippen MR) is 104 cm³/mol. The van der Waals surface area contributed by atoms with Gasteiger partial charge in [-0.1, -0.05) is 24.3 Å². The summed E-state index contributed by atoms with van der Waals surface area (Å²) in [5, 5.41) is 14.2. The number of nitrogens with zero attached hydrogens (tertiary/aromatic N) is 1. The summed E-state index contributed by atoms with van der Waals surface area (Å²) in [7, 11) is 0. The number of carbonyl (C=O) groups excluding carboxylic acids is 3. The summed E-state index contributed by atoms with van der Waals surface area (Å²) in [5.41, 5.74) is 1.18. The van der Waals surface area contributed by atoms with Gasteiger partial charge in [0, 0.05) is 18.5 Å². The number of likely N-dealkylation sites (tertiary alicyclic amines) is 1. The number of aliphatic carboxylic acids is 1. The number of ether oxygens (including phenoxy) is 2. The van der Waals surface area contributed by atoms with E-state index in [9.17, 15) is 19.5 Å². The molecule has 1 fully saturated rings. The molecule has 30 heavy (non-hydrogen) atoms. The van der Waals surface area contributed by atoms with Gasteiger partial charge < -0.3 is 29.6 Å². The molecule has 2 aromatic rings. The Hall–Kier alpha value is -3.55. The van der Waals surface area contributed by atoms with Crippen LogP contribution in [-0.4, -0.2) is 48.1 Å². The van der Waals surface area contributed by atoms with E-state index < -0.39 is 29.9 Å². The van der Waals surface area contributed by atoms with Crippen LogP contribution in [0.15, 0.2) is 48.5 Å². The second kappa shape index (κ2) is 8.44. The molecule has 2 aliphatic heterocycles. The average Bonchev–Trinajstić information content (AvgIpc) is 3.42. The highest BCUT2D eigenvalue weighted by molar-refractivity contribution is 5.98. The van der Waals surface area contributed by atoms with Gasteiger partial charge in [-0.05, 0) is 42.7 Å². The van der Waals surface area contributed by atoms with Gasteiger partial charge in [0.2, 0.25) is 12.7 Å². The molecule has 1 saturated heterocycles. The molecule has 2 aliphatic rings. The summed E-state index contributed by atoms with van der Waals surface area (Å²) in [5.74, 6) is -0.937. The molecule has 0 saturated carbocycles. The van der Waals surface area contributed by atoms with Crippen molar-refractivity contribution < 1.29 is 29.0 Å². The van der Waals surface area contributed by atoms with Crippen molar-refractivity contribution in [1.82, 2.24) is 10.2 Å². The van der Waals surface area contributed by atoms with Crippen LogP contribution in [0.2, 0.25) is 0 Å². The molecule has 0 unspecified atom stereocenters. The third kappa shape index (κ3) is 4.07. The Labute approximate surface area is 173 Å². The van der Waals surface area contributed by atoms with E-state index in [1.807, 2.05) is 0 Å². The molecule has 2 heterocycles. The van der Waals surface area contributed by atoms with Crippen LogP contribution >= 0.6 is 0 Å². The molecule has 0 radical (unpaired) electrons. The number of hydrogen-bond donors (Lipinski definition) is 1. The van der Waals surface area contributed by atoms with E-state index in [4.69, 9.17) is 9.47 Å². The fraction of sp³-hybridized carbons (Fsp3) is 0.318. The van der Waals surface area contributed by atoms with Gasteiger partial charge in [-0.15, -0.1) is 0 Å². The molecule has 0 bridgehead atoms. The van der Waals surface area contributed by atoms with Crippen molar-refractivity contribution in [3.05, 3.63) is 59.7 Å². The lowest BCUT2D eigenvalue weighted by atomic mass is 10.0. The number of nitrogens with one attached hydrogen (secondary N) is 1. The number of carbonyl (C=O) groups is 3. The summed E-state index contributed by atoms with van der Waals surface area (Å²) in [6.45, 7) is 0.448. The molecule has 0 aliphatic carbocycles. The van der Waals surface area contributed by atoms with Crippen LogP contribution in [0.1, 0.15) is 28.8 Å². The van der Waals surface area contributed by atoms with Crippen molar-refractivity contribution >= 4 is 17.8 Å². The Morgan fingerprint density at radius 2 is 1.87 bits per heavy atom. The van der Waals surface area contributed by atoms with Crippen LogP contribution in [0.4, 0.5) is 0 Å². The summed E-state index contributed by atoms with van der Waals surface area (Å²) >= 11 is 0. The lowest BCUT2D eigenvalue weighted by Crippen LogP contribution is -2.54. The Bertz CT molecular complexity index is 961. The second-order valence-electron chi connectivity index (χ2n) is 7.29. The Morgan fingerprint density at radius 1 is 1.10 bits per heavy atom. The highest BCUT2D eigenvalue weighted by atomic mass is 16.7. The number of fused-ring (bicyclic) bond motifs is 1. The molecule has 8 nitrogen and oxygen atoms in total. The van der Waals surface area contributed by atoms with Crippen molar-refractivity contribution in [3.63, 3.8) is 0 Å². The monoisotopic (exact) mass is 409 g/mol. The highest BCUT2D eigenvalue weighted by Gasteiger charge is 2.35. The highest BCUT2D eigenvalue weighted by Crippen LogP contribution is 2.33. The number of carboxylic acids is 1. The van der Waals surface area contributed by atoms with Crippen molar-refractivity contribution in [2.75, 3.05) is 13.3 Å². The molecule has 2 aromatic carbocycles. The van der Waals surface area contributed by atoms with Crippen LogP contribution in [0.3, 0.4) is 0 Å². The van der Waals surface area contributed by atoms with Gasteiger partial charge in [-0.2, -0.15) is 0 Å². The molecule has 156 valence electrons. The van der Waals surface area contributed by atoms with Gasteiger partial charge >= 0.3 is 0 Å². The van der Waals surface area contributed by atoms with Gasteiger partial charge in [0.05, 0.1) is 12.0 Å². The van der Waals surface area contributed by atoms with Gasteiger partial charge in [0.25, 0.3) is 5.91 Å². The Morgan fingerprint density at radius 3 is 2.63 bits per heavy atom. The molecule has 2 amide bonds. The fourth-order valence-electron chi connectivity index (χ4n) is 3.81.